The van der Waals surface area contributed by atoms with Crippen molar-refractivity contribution in [1.29, 1.82) is 0 Å². The van der Waals surface area contributed by atoms with E-state index in [9.17, 15) is 13.9 Å². The van der Waals surface area contributed by atoms with Crippen LogP contribution in [0.5, 0.6) is 0 Å². The smallest absolute Gasteiger partial charge is 0.141 e. The summed E-state index contributed by atoms with van der Waals surface area (Å²) in [5.74, 6) is -1.04. The van der Waals surface area contributed by atoms with Crippen molar-refractivity contribution in [3.05, 3.63) is 59.7 Å². The highest BCUT2D eigenvalue weighted by Crippen LogP contribution is 2.19. The number of aromatic nitrogens is 2. The van der Waals surface area contributed by atoms with Crippen molar-refractivity contribution in [2.45, 2.75) is 6.10 Å². The van der Waals surface area contributed by atoms with Gasteiger partial charge in [0.15, 0.2) is 0 Å². The number of hydrogen-bond donors (Lipinski definition) is 1. The minimum absolute atomic E-state index is 0.244. The summed E-state index contributed by atoms with van der Waals surface area (Å²) >= 11 is 0. The van der Waals surface area contributed by atoms with E-state index >= 15 is 0 Å². The Morgan fingerprint density at radius 1 is 1.06 bits per heavy atom. The van der Waals surface area contributed by atoms with Crippen LogP contribution in [-0.4, -0.2) is 15.1 Å². The Labute approximate surface area is 90.4 Å². The van der Waals surface area contributed by atoms with Gasteiger partial charge in [-0.15, -0.1) is 0 Å². The van der Waals surface area contributed by atoms with Crippen LogP contribution < -0.4 is 0 Å². The molecule has 0 bridgehead atoms. The first-order valence-electron chi connectivity index (χ1n) is 4.57. The zero-order valence-electron chi connectivity index (χ0n) is 8.14. The number of pyridine rings is 2. The van der Waals surface area contributed by atoms with Crippen LogP contribution in [0.2, 0.25) is 0 Å². The van der Waals surface area contributed by atoms with Crippen LogP contribution in [0.4, 0.5) is 8.78 Å². The molecule has 0 aliphatic heterocycles. The Morgan fingerprint density at radius 3 is 2.50 bits per heavy atom. The minimum Gasteiger partial charge on any atom is -0.382 e. The van der Waals surface area contributed by atoms with E-state index in [0.29, 0.717) is 0 Å². The molecule has 1 unspecified atom stereocenters. The highest BCUT2D eigenvalue weighted by molar-refractivity contribution is 5.23. The predicted molar refractivity (Wildman–Crippen MR) is 52.5 cm³/mol. The molecule has 16 heavy (non-hydrogen) atoms. The lowest BCUT2D eigenvalue weighted by Gasteiger charge is -2.09. The fourth-order valence-electron chi connectivity index (χ4n) is 1.30. The number of aliphatic hydroxyl groups excluding tert-OH is 1. The summed E-state index contributed by atoms with van der Waals surface area (Å²) in [5, 5.41) is 9.82. The molecule has 0 spiro atoms. The zero-order valence-corrected chi connectivity index (χ0v) is 8.14. The van der Waals surface area contributed by atoms with Crippen molar-refractivity contribution in [3.8, 4) is 0 Å². The number of aliphatic hydroxyl groups is 1. The lowest BCUT2D eigenvalue weighted by molar-refractivity contribution is 0.214. The minimum atomic E-state index is -1.11. The normalized spacial score (nSPS) is 12.4. The third kappa shape index (κ3) is 2.20. The average molecular weight is 222 g/mol. The second kappa shape index (κ2) is 4.32. The largest absolute Gasteiger partial charge is 0.382 e. The Balaban J connectivity index is 2.31. The van der Waals surface area contributed by atoms with Crippen molar-refractivity contribution in [2.24, 2.45) is 0 Å². The highest BCUT2D eigenvalue weighted by atomic mass is 19.1. The van der Waals surface area contributed by atoms with Crippen LogP contribution >= 0.6 is 0 Å². The maximum Gasteiger partial charge on any atom is 0.141 e. The molecule has 5 heteroatoms. The first kappa shape index (κ1) is 10.6. The van der Waals surface area contributed by atoms with Crippen molar-refractivity contribution < 1.29 is 13.9 Å². The molecule has 0 aromatic carbocycles. The molecule has 0 radical (unpaired) electrons. The topological polar surface area (TPSA) is 46.0 Å². The first-order valence-corrected chi connectivity index (χ1v) is 4.57. The van der Waals surface area contributed by atoms with E-state index in [-0.39, 0.29) is 11.3 Å². The summed E-state index contributed by atoms with van der Waals surface area (Å²) in [6.07, 6.45) is 2.25. The number of halogens is 2. The van der Waals surface area contributed by atoms with Crippen LogP contribution in [-0.2, 0) is 0 Å². The molecule has 0 saturated carbocycles. The van der Waals surface area contributed by atoms with Crippen molar-refractivity contribution >= 4 is 0 Å². The molecule has 0 saturated heterocycles. The monoisotopic (exact) mass is 222 g/mol. The van der Waals surface area contributed by atoms with Gasteiger partial charge in [-0.05, 0) is 18.2 Å². The highest BCUT2D eigenvalue weighted by Gasteiger charge is 2.12. The molecule has 1 N–H and O–H groups in total. The maximum absolute atomic E-state index is 12.9. The Morgan fingerprint density at radius 2 is 1.88 bits per heavy atom. The molecule has 82 valence electrons. The van der Waals surface area contributed by atoms with E-state index in [2.05, 4.69) is 9.97 Å². The van der Waals surface area contributed by atoms with Gasteiger partial charge in [-0.3, -0.25) is 9.97 Å². The Hall–Kier alpha value is -1.88. The van der Waals surface area contributed by atoms with E-state index < -0.39 is 17.7 Å². The van der Waals surface area contributed by atoms with Gasteiger partial charge < -0.3 is 5.11 Å². The summed E-state index contributed by atoms with van der Waals surface area (Å²) in [6.45, 7) is 0. The quantitative estimate of drug-likeness (QED) is 0.843. The summed E-state index contributed by atoms with van der Waals surface area (Å²) in [5.41, 5.74) is 0.521. The fourth-order valence-corrected chi connectivity index (χ4v) is 1.30. The number of hydrogen-bond acceptors (Lipinski definition) is 3. The molecule has 0 fully saturated rings. The molecule has 0 amide bonds. The second-order valence-corrected chi connectivity index (χ2v) is 3.24. The van der Waals surface area contributed by atoms with Crippen LogP contribution in [0.25, 0.3) is 0 Å². The second-order valence-electron chi connectivity index (χ2n) is 3.24. The predicted octanol–water partition coefficient (Wildman–Crippen LogP) is 1.84. The molecule has 2 aromatic rings. The first-order chi connectivity index (χ1) is 7.66. The molecular weight excluding hydrogens is 214 g/mol. The Bertz CT molecular complexity index is 488. The summed E-state index contributed by atoms with van der Waals surface area (Å²) in [7, 11) is 0. The molecule has 2 rings (SSSR count). The van der Waals surface area contributed by atoms with Crippen LogP contribution in [0.15, 0.2) is 36.8 Å². The molecule has 2 heterocycles. The maximum atomic E-state index is 12.9. The van der Waals surface area contributed by atoms with Gasteiger partial charge in [0.2, 0.25) is 0 Å². The number of nitrogens with zero attached hydrogens (tertiary/aromatic N) is 2. The lowest BCUT2D eigenvalue weighted by atomic mass is 10.1. The van der Waals surface area contributed by atoms with E-state index in [1.165, 1.54) is 18.3 Å². The molecule has 1 atom stereocenters. The zero-order chi connectivity index (χ0) is 11.5. The third-order valence-corrected chi connectivity index (χ3v) is 2.07. The van der Waals surface area contributed by atoms with Gasteiger partial charge in [-0.2, -0.15) is 0 Å². The van der Waals surface area contributed by atoms with Gasteiger partial charge in [0, 0.05) is 11.8 Å². The van der Waals surface area contributed by atoms with E-state index in [0.717, 1.165) is 18.5 Å². The van der Waals surface area contributed by atoms with Gasteiger partial charge in [-0.1, -0.05) is 0 Å². The summed E-state index contributed by atoms with van der Waals surface area (Å²) in [6, 6.07) is 3.67. The molecule has 3 nitrogen and oxygen atoms in total. The van der Waals surface area contributed by atoms with Gasteiger partial charge in [-0.25, -0.2) is 8.78 Å². The Kier molecular flexibility index (Phi) is 2.87. The van der Waals surface area contributed by atoms with Gasteiger partial charge >= 0.3 is 0 Å². The van der Waals surface area contributed by atoms with Crippen molar-refractivity contribution in [1.82, 2.24) is 9.97 Å². The van der Waals surface area contributed by atoms with E-state index in [1.807, 2.05) is 0 Å². The average Bonchev–Trinajstić information content (AvgIpc) is 2.29. The molecular formula is C11H8F2N2O. The standard InChI is InChI=1S/C11H8F2N2O/c12-8-1-2-10(15-6-8)11(16)7-3-9(13)5-14-4-7/h1-6,11,16H. The van der Waals surface area contributed by atoms with Crippen LogP contribution in [0.3, 0.4) is 0 Å². The SMILES string of the molecule is OC(c1cncc(F)c1)c1ccc(F)cn1. The van der Waals surface area contributed by atoms with Gasteiger partial charge in [0.25, 0.3) is 0 Å². The van der Waals surface area contributed by atoms with Crippen molar-refractivity contribution in [3.63, 3.8) is 0 Å². The third-order valence-electron chi connectivity index (χ3n) is 2.07. The summed E-state index contributed by atoms with van der Waals surface area (Å²) in [4.78, 5) is 7.32. The number of rotatable bonds is 2. The van der Waals surface area contributed by atoms with Crippen molar-refractivity contribution in [2.75, 3.05) is 0 Å². The van der Waals surface area contributed by atoms with Gasteiger partial charge in [0.05, 0.1) is 18.1 Å². The molecule has 0 aliphatic rings. The lowest BCUT2D eigenvalue weighted by Crippen LogP contribution is -2.03. The molecule has 0 aliphatic carbocycles. The van der Waals surface area contributed by atoms with E-state index in [1.54, 1.807) is 0 Å². The fraction of sp³-hybridized carbons (Fsp3) is 0.0909. The van der Waals surface area contributed by atoms with Crippen LogP contribution in [0, 0.1) is 11.6 Å². The van der Waals surface area contributed by atoms with E-state index in [4.69, 9.17) is 0 Å². The van der Waals surface area contributed by atoms with Gasteiger partial charge in [0.1, 0.15) is 17.7 Å². The van der Waals surface area contributed by atoms with Crippen LogP contribution in [0.1, 0.15) is 17.4 Å². The summed E-state index contributed by atoms with van der Waals surface area (Å²) < 4.78 is 25.5. The molecule has 2 aromatic heterocycles.